The van der Waals surface area contributed by atoms with Gasteiger partial charge in [-0.25, -0.2) is 8.42 Å². The number of terminal acetylenes is 1. The molecule has 82 valence electrons. The van der Waals surface area contributed by atoms with Crippen molar-refractivity contribution in [3.8, 4) is 12.3 Å². The topological polar surface area (TPSA) is 64.3 Å². The molecule has 0 amide bonds. The summed E-state index contributed by atoms with van der Waals surface area (Å²) in [5.74, 6) is 0.976. The second-order valence-electron chi connectivity index (χ2n) is 2.78. The lowest BCUT2D eigenvalue weighted by Crippen LogP contribution is -2.03. The monoisotopic (exact) mass is 259 g/mol. The van der Waals surface area contributed by atoms with E-state index in [-0.39, 0.29) is 11.3 Å². The average Bonchev–Trinajstić information content (AvgIpc) is 2.51. The van der Waals surface area contributed by atoms with Gasteiger partial charge in [-0.2, -0.15) is 19.0 Å². The van der Waals surface area contributed by atoms with Crippen molar-refractivity contribution in [3.05, 3.63) is 23.8 Å². The third-order valence-electron chi connectivity index (χ3n) is 1.78. The van der Waals surface area contributed by atoms with Crippen LogP contribution in [-0.4, -0.2) is 23.0 Å². The lowest BCUT2D eigenvalue weighted by Gasteiger charge is -1.96. The number of fused-ring (bicyclic) bond motifs is 1. The molecule has 0 aliphatic rings. The van der Waals surface area contributed by atoms with Gasteiger partial charge in [0.05, 0.1) is 0 Å². The summed E-state index contributed by atoms with van der Waals surface area (Å²) in [6, 6.07) is 2.75. The first kappa shape index (κ1) is 10.9. The maximum absolute atomic E-state index is 13.2. The molecule has 0 aliphatic heterocycles. The van der Waals surface area contributed by atoms with Crippen molar-refractivity contribution in [2.75, 3.05) is 0 Å². The van der Waals surface area contributed by atoms with Crippen molar-refractivity contribution in [1.29, 1.82) is 0 Å². The Balaban J connectivity index is 2.94. The number of hydrogen-bond acceptors (Lipinski definition) is 4. The number of rotatable bonds is 1. The summed E-state index contributed by atoms with van der Waals surface area (Å²) in [6.45, 7) is 0. The molecule has 2 aromatic rings. The second-order valence-corrected chi connectivity index (χ2v) is 5.26. The number of halogens is 2. The zero-order chi connectivity index (χ0) is 11.9. The van der Waals surface area contributed by atoms with E-state index in [1.807, 2.05) is 0 Å². The number of imidazole rings is 1. The molecule has 0 aromatic carbocycles. The summed E-state index contributed by atoms with van der Waals surface area (Å²) in [6.07, 6.45) is 5.08. The van der Waals surface area contributed by atoms with Crippen LogP contribution in [0.2, 0.25) is 0 Å². The zero-order valence-electron chi connectivity index (χ0n) is 7.55. The Morgan fingerprint density at radius 2 is 2.19 bits per heavy atom. The molecular formula is C8H3ClFN3O2S. The Kier molecular flexibility index (Phi) is 2.33. The van der Waals surface area contributed by atoms with Crippen molar-refractivity contribution >= 4 is 25.4 Å². The third kappa shape index (κ3) is 1.62. The molecular weight excluding hydrogens is 257 g/mol. The summed E-state index contributed by atoms with van der Waals surface area (Å²) in [4.78, 5) is 3.36. The van der Waals surface area contributed by atoms with Crippen molar-refractivity contribution in [2.45, 2.75) is 5.03 Å². The fourth-order valence-corrected chi connectivity index (χ4v) is 2.14. The molecule has 0 spiro atoms. The number of aromatic nitrogens is 3. The van der Waals surface area contributed by atoms with Crippen LogP contribution in [0.4, 0.5) is 4.39 Å². The van der Waals surface area contributed by atoms with Crippen LogP contribution in [0.3, 0.4) is 0 Å². The quantitative estimate of drug-likeness (QED) is 0.561. The standard InChI is InChI=1S/C8H3ClFN3O2S/c1-2-5-3-4-6-11-7(10)8(13(6)12-5)16(9,14)15/h1,3-4H. The predicted molar refractivity (Wildman–Crippen MR) is 53.9 cm³/mol. The second kappa shape index (κ2) is 3.43. The highest BCUT2D eigenvalue weighted by Gasteiger charge is 2.24. The maximum Gasteiger partial charge on any atom is 0.283 e. The average molecular weight is 260 g/mol. The Hall–Kier alpha value is -1.65. The molecule has 2 aromatic heterocycles. The van der Waals surface area contributed by atoms with Crippen molar-refractivity contribution in [1.82, 2.24) is 14.6 Å². The molecule has 8 heteroatoms. The summed E-state index contributed by atoms with van der Waals surface area (Å²) in [5, 5.41) is 2.88. The zero-order valence-corrected chi connectivity index (χ0v) is 9.13. The minimum atomic E-state index is -4.28. The molecule has 0 N–H and O–H groups in total. The minimum absolute atomic E-state index is 0.00993. The fourth-order valence-electron chi connectivity index (χ4n) is 1.17. The van der Waals surface area contributed by atoms with Gasteiger partial charge in [0, 0.05) is 10.7 Å². The van der Waals surface area contributed by atoms with E-state index < -0.39 is 20.0 Å². The highest BCUT2D eigenvalue weighted by Crippen LogP contribution is 2.19. The lowest BCUT2D eigenvalue weighted by atomic mass is 10.4. The van der Waals surface area contributed by atoms with Crippen LogP contribution in [0.5, 0.6) is 0 Å². The van der Waals surface area contributed by atoms with Crippen molar-refractivity contribution < 1.29 is 12.8 Å². The van der Waals surface area contributed by atoms with E-state index in [1.165, 1.54) is 12.1 Å². The van der Waals surface area contributed by atoms with E-state index in [0.29, 0.717) is 0 Å². The van der Waals surface area contributed by atoms with Gasteiger partial charge < -0.3 is 0 Å². The normalized spacial score (nSPS) is 11.6. The molecule has 0 saturated carbocycles. The molecule has 0 fully saturated rings. The van der Waals surface area contributed by atoms with E-state index in [0.717, 1.165) is 4.52 Å². The SMILES string of the molecule is C#Cc1ccc2nc(F)c(S(=O)(=O)Cl)n2n1. The molecule has 0 aliphatic carbocycles. The first-order valence-corrected chi connectivity index (χ1v) is 6.21. The Morgan fingerprint density at radius 1 is 1.50 bits per heavy atom. The van der Waals surface area contributed by atoms with Crippen LogP contribution >= 0.6 is 10.7 Å². The smallest absolute Gasteiger partial charge is 0.205 e. The van der Waals surface area contributed by atoms with Crippen LogP contribution in [0.15, 0.2) is 17.2 Å². The van der Waals surface area contributed by atoms with E-state index in [9.17, 15) is 12.8 Å². The van der Waals surface area contributed by atoms with Gasteiger partial charge in [-0.05, 0) is 18.1 Å². The molecule has 0 saturated heterocycles. The Labute approximate surface area is 94.3 Å². The van der Waals surface area contributed by atoms with Crippen molar-refractivity contribution in [3.63, 3.8) is 0 Å². The first-order valence-electron chi connectivity index (χ1n) is 3.90. The van der Waals surface area contributed by atoms with Gasteiger partial charge in [0.15, 0.2) is 5.65 Å². The molecule has 2 rings (SSSR count). The van der Waals surface area contributed by atoms with E-state index in [1.54, 1.807) is 0 Å². The minimum Gasteiger partial charge on any atom is -0.205 e. The van der Waals surface area contributed by atoms with Gasteiger partial charge in [0.2, 0.25) is 5.03 Å². The third-order valence-corrected chi connectivity index (χ3v) is 3.02. The van der Waals surface area contributed by atoms with Crippen LogP contribution < -0.4 is 0 Å². The molecule has 2 heterocycles. The summed E-state index contributed by atoms with van der Waals surface area (Å²) in [5.41, 5.74) is 0.155. The van der Waals surface area contributed by atoms with Crippen LogP contribution in [0.1, 0.15) is 5.69 Å². The first-order chi connectivity index (χ1) is 7.43. The molecule has 0 bridgehead atoms. The van der Waals surface area contributed by atoms with Gasteiger partial charge in [0.25, 0.3) is 15.0 Å². The van der Waals surface area contributed by atoms with Crippen molar-refractivity contribution in [2.24, 2.45) is 0 Å². The lowest BCUT2D eigenvalue weighted by molar-refractivity contribution is 0.538. The van der Waals surface area contributed by atoms with Gasteiger partial charge in [-0.3, -0.25) is 0 Å². The maximum atomic E-state index is 13.2. The van der Waals surface area contributed by atoms with Gasteiger partial charge in [-0.15, -0.1) is 6.42 Å². The van der Waals surface area contributed by atoms with Crippen LogP contribution in [-0.2, 0) is 9.05 Å². The van der Waals surface area contributed by atoms with E-state index in [4.69, 9.17) is 17.1 Å². The highest BCUT2D eigenvalue weighted by molar-refractivity contribution is 8.13. The number of hydrogen-bond donors (Lipinski definition) is 0. The van der Waals surface area contributed by atoms with Gasteiger partial charge in [0.1, 0.15) is 5.69 Å². The highest BCUT2D eigenvalue weighted by atomic mass is 35.7. The molecule has 16 heavy (non-hydrogen) atoms. The van der Waals surface area contributed by atoms with Gasteiger partial charge >= 0.3 is 0 Å². The fraction of sp³-hybridized carbons (Fsp3) is 0. The summed E-state index contributed by atoms with van der Waals surface area (Å²) < 4.78 is 36.2. The van der Waals surface area contributed by atoms with Crippen LogP contribution in [0.25, 0.3) is 5.65 Å². The largest absolute Gasteiger partial charge is 0.283 e. The Bertz CT molecular complexity index is 717. The molecule has 0 atom stereocenters. The predicted octanol–water partition coefficient (Wildman–Crippen LogP) is 0.777. The van der Waals surface area contributed by atoms with E-state index in [2.05, 4.69) is 16.0 Å². The Morgan fingerprint density at radius 3 is 2.75 bits per heavy atom. The number of nitrogens with zero attached hydrogens (tertiary/aromatic N) is 3. The van der Waals surface area contributed by atoms with Crippen LogP contribution in [0, 0.1) is 18.3 Å². The summed E-state index contributed by atoms with van der Waals surface area (Å²) in [7, 11) is 0.784. The molecule has 0 radical (unpaired) electrons. The molecule has 5 nitrogen and oxygen atoms in total. The summed E-state index contributed by atoms with van der Waals surface area (Å²) >= 11 is 0. The van der Waals surface area contributed by atoms with E-state index >= 15 is 0 Å². The van der Waals surface area contributed by atoms with Gasteiger partial charge in [-0.1, -0.05) is 0 Å². The molecule has 0 unspecified atom stereocenters.